The Morgan fingerprint density at radius 3 is 1.39 bits per heavy atom. The van der Waals surface area contributed by atoms with E-state index in [2.05, 4.69) is 33.2 Å². The molecule has 0 aliphatic rings. The third-order valence-corrected chi connectivity index (χ3v) is 3.43. The summed E-state index contributed by atoms with van der Waals surface area (Å²) < 4.78 is 9.93. The van der Waals surface area contributed by atoms with Crippen LogP contribution in [-0.4, -0.2) is 10.2 Å². The number of hydrogen-bond donors (Lipinski definition) is 0. The molecule has 3 aromatic rings. The second kappa shape index (κ2) is 9.26. The van der Waals surface area contributed by atoms with Crippen molar-refractivity contribution in [2.75, 3.05) is 0 Å². The normalized spacial score (nSPS) is 9.83. The van der Waals surface area contributed by atoms with Gasteiger partial charge in [0.2, 0.25) is 11.8 Å². The summed E-state index contributed by atoms with van der Waals surface area (Å²) in [5.74, 6) is 1.08. The van der Waals surface area contributed by atoms with E-state index in [0.717, 1.165) is 24.2 Å². The highest BCUT2D eigenvalue weighted by Crippen LogP contribution is 2.22. The number of pyridine rings is 2. The van der Waals surface area contributed by atoms with E-state index in [0.29, 0.717) is 11.8 Å². The Morgan fingerprint density at radius 2 is 1.09 bits per heavy atom. The minimum absolute atomic E-state index is 0. The van der Waals surface area contributed by atoms with Crippen molar-refractivity contribution in [3.05, 3.63) is 49.1 Å². The summed E-state index contributed by atoms with van der Waals surface area (Å²) in [5, 5.41) is 8.26. The first kappa shape index (κ1) is 19.9. The van der Waals surface area contributed by atoms with Crippen molar-refractivity contribution in [1.29, 1.82) is 0 Å². The topological polar surface area (TPSA) is 46.7 Å². The predicted molar refractivity (Wildman–Crippen MR) is 76.9 cm³/mol. The lowest BCUT2D eigenvalue weighted by Gasteiger charge is -1.95. The molecule has 0 aromatic carbocycles. The van der Waals surface area contributed by atoms with Crippen LogP contribution in [-0.2, 0) is 13.1 Å². The van der Waals surface area contributed by atoms with Gasteiger partial charge < -0.3 is 52.4 Å². The highest BCUT2D eigenvalue weighted by Gasteiger charge is 2.12. The number of rotatable bonds is 4. The molecule has 0 radical (unpaired) electrons. The second-order valence-electron chi connectivity index (χ2n) is 4.75. The molecule has 0 fully saturated rings. The molecule has 0 saturated heterocycles. The highest BCUT2D eigenvalue weighted by atomic mass is 127. The first-order chi connectivity index (χ1) is 10.3. The van der Waals surface area contributed by atoms with Crippen molar-refractivity contribution in [2.24, 2.45) is 0 Å². The molecule has 0 aliphatic heterocycles. The van der Waals surface area contributed by atoms with Crippen LogP contribution in [0.25, 0.3) is 22.9 Å². The zero-order valence-electron chi connectivity index (χ0n) is 13.0. The second-order valence-corrected chi connectivity index (χ2v) is 4.75. The van der Waals surface area contributed by atoms with E-state index in [9.17, 15) is 0 Å². The summed E-state index contributed by atoms with van der Waals surface area (Å²) in [5.41, 5.74) is 1.86. The molecule has 3 aromatic heterocycles. The van der Waals surface area contributed by atoms with Gasteiger partial charge in [0.15, 0.2) is 24.8 Å². The van der Waals surface area contributed by atoms with Crippen LogP contribution in [0.4, 0.5) is 0 Å². The van der Waals surface area contributed by atoms with Gasteiger partial charge in [-0.15, -0.1) is 10.2 Å². The number of halogens is 2. The van der Waals surface area contributed by atoms with Crippen LogP contribution in [0.2, 0.25) is 0 Å². The zero-order valence-corrected chi connectivity index (χ0v) is 17.3. The summed E-state index contributed by atoms with van der Waals surface area (Å²) in [6, 6.07) is 7.93. The van der Waals surface area contributed by atoms with Crippen LogP contribution in [0.15, 0.2) is 53.5 Å². The lowest BCUT2D eigenvalue weighted by molar-refractivity contribution is -0.693. The number of hydrogen-bond acceptors (Lipinski definition) is 3. The van der Waals surface area contributed by atoms with Gasteiger partial charge in [0, 0.05) is 24.3 Å². The van der Waals surface area contributed by atoms with E-state index in [1.807, 2.05) is 49.1 Å². The van der Waals surface area contributed by atoms with E-state index in [-0.39, 0.29) is 48.0 Å². The van der Waals surface area contributed by atoms with E-state index in [1.54, 1.807) is 0 Å². The van der Waals surface area contributed by atoms with Crippen LogP contribution >= 0.6 is 0 Å². The fourth-order valence-corrected chi connectivity index (χ4v) is 2.08. The lowest BCUT2D eigenvalue weighted by atomic mass is 10.2. The van der Waals surface area contributed by atoms with Crippen LogP contribution in [0.3, 0.4) is 0 Å². The van der Waals surface area contributed by atoms with E-state index < -0.39 is 0 Å². The molecule has 23 heavy (non-hydrogen) atoms. The molecule has 5 nitrogen and oxygen atoms in total. The molecule has 3 heterocycles. The molecule has 0 N–H and O–H groups in total. The Labute approximate surface area is 169 Å². The Hall–Kier alpha value is -1.10. The van der Waals surface area contributed by atoms with E-state index in [1.165, 1.54) is 0 Å². The van der Waals surface area contributed by atoms with Crippen molar-refractivity contribution in [1.82, 2.24) is 10.2 Å². The Balaban J connectivity index is 0.00000132. The van der Waals surface area contributed by atoms with Crippen LogP contribution in [0.5, 0.6) is 0 Å². The van der Waals surface area contributed by atoms with Gasteiger partial charge in [-0.25, -0.2) is 9.13 Å². The SMILES string of the molecule is CC[n+]1ccc(-c2nnc(-c3cc[n+](CC)cc3)o2)cc1.[I-].[I-]. The number of aryl methyl sites for hydroxylation is 2. The molecule has 122 valence electrons. The molecule has 0 unspecified atom stereocenters. The maximum atomic E-state index is 5.76. The van der Waals surface area contributed by atoms with Gasteiger partial charge in [-0.1, -0.05) is 0 Å². The molecule has 0 amide bonds. The van der Waals surface area contributed by atoms with Crippen molar-refractivity contribution < 1.29 is 61.5 Å². The van der Waals surface area contributed by atoms with Crippen LogP contribution in [0.1, 0.15) is 13.8 Å². The fourth-order valence-electron chi connectivity index (χ4n) is 2.08. The van der Waals surface area contributed by atoms with Crippen molar-refractivity contribution in [3.8, 4) is 22.9 Å². The minimum atomic E-state index is 0. The van der Waals surface area contributed by atoms with Gasteiger partial charge in [-0.3, -0.25) is 0 Å². The van der Waals surface area contributed by atoms with Gasteiger partial charge in [0.05, 0.1) is 11.1 Å². The molecule has 0 aliphatic carbocycles. The Morgan fingerprint density at radius 1 is 0.739 bits per heavy atom. The highest BCUT2D eigenvalue weighted by molar-refractivity contribution is 5.56. The molecular formula is C16H18I2N4O. The first-order valence-corrected chi connectivity index (χ1v) is 7.12. The van der Waals surface area contributed by atoms with Crippen LogP contribution < -0.4 is 57.1 Å². The van der Waals surface area contributed by atoms with Gasteiger partial charge in [0.25, 0.3) is 0 Å². The average Bonchev–Trinajstić information content (AvgIpc) is 3.05. The van der Waals surface area contributed by atoms with E-state index >= 15 is 0 Å². The molecule has 0 bridgehead atoms. The van der Waals surface area contributed by atoms with E-state index in [4.69, 9.17) is 4.42 Å². The Kier molecular flexibility index (Phi) is 8.03. The third kappa shape index (κ3) is 4.69. The molecule has 7 heteroatoms. The first-order valence-electron chi connectivity index (χ1n) is 7.12. The maximum absolute atomic E-state index is 5.76. The summed E-state index contributed by atoms with van der Waals surface area (Å²) in [7, 11) is 0. The molecule has 0 atom stereocenters. The maximum Gasteiger partial charge on any atom is 0.248 e. The minimum Gasteiger partial charge on any atom is -1.00 e. The van der Waals surface area contributed by atoms with Crippen molar-refractivity contribution in [2.45, 2.75) is 26.9 Å². The number of aromatic nitrogens is 4. The zero-order chi connectivity index (χ0) is 14.7. The lowest BCUT2D eigenvalue weighted by Crippen LogP contribution is -3.00. The van der Waals surface area contributed by atoms with Gasteiger partial charge in [0.1, 0.15) is 13.1 Å². The van der Waals surface area contributed by atoms with Crippen LogP contribution in [0, 0.1) is 0 Å². The van der Waals surface area contributed by atoms with Gasteiger partial charge in [-0.2, -0.15) is 0 Å². The van der Waals surface area contributed by atoms with Gasteiger partial charge in [-0.05, 0) is 13.8 Å². The molecule has 0 saturated carbocycles. The Bertz CT molecular complexity index is 665. The fraction of sp³-hybridized carbons (Fsp3) is 0.250. The standard InChI is InChI=1S/C16H18N4O.2HI/c1-3-19-9-5-13(6-10-19)15-17-18-16(21-15)14-7-11-20(4-2)12-8-14;;/h5-12H,3-4H2,1-2H3;2*1H/q+2;;/p-2. The monoisotopic (exact) mass is 536 g/mol. The third-order valence-electron chi connectivity index (χ3n) is 3.43. The molecule has 3 rings (SSSR count). The summed E-state index contributed by atoms with van der Waals surface area (Å²) in [6.07, 6.45) is 8.02. The largest absolute Gasteiger partial charge is 1.00 e. The quantitative estimate of drug-likeness (QED) is 0.253. The van der Waals surface area contributed by atoms with Crippen molar-refractivity contribution >= 4 is 0 Å². The number of nitrogens with zero attached hydrogens (tertiary/aromatic N) is 4. The molecule has 0 spiro atoms. The molecular weight excluding hydrogens is 518 g/mol. The smallest absolute Gasteiger partial charge is 0.248 e. The average molecular weight is 536 g/mol. The summed E-state index contributed by atoms with van der Waals surface area (Å²) in [4.78, 5) is 0. The van der Waals surface area contributed by atoms with Gasteiger partial charge >= 0.3 is 0 Å². The summed E-state index contributed by atoms with van der Waals surface area (Å²) >= 11 is 0. The predicted octanol–water partition coefficient (Wildman–Crippen LogP) is -3.97. The summed E-state index contributed by atoms with van der Waals surface area (Å²) in [6.45, 7) is 6.08. The van der Waals surface area contributed by atoms with Crippen molar-refractivity contribution in [3.63, 3.8) is 0 Å².